The van der Waals surface area contributed by atoms with Crippen LogP contribution < -0.4 is 16.0 Å². The Morgan fingerprint density at radius 1 is 1.21 bits per heavy atom. The van der Waals surface area contributed by atoms with Gasteiger partial charge in [0.05, 0.1) is 30.8 Å². The molecule has 0 saturated heterocycles. The first kappa shape index (κ1) is 18.0. The lowest BCUT2D eigenvalue weighted by atomic mass is 10.2. The summed E-state index contributed by atoms with van der Waals surface area (Å²) in [6.45, 7) is 1.20. The lowest BCUT2D eigenvalue weighted by molar-refractivity contribution is -0.115. The standard InChI is InChI=1S/C16H18ClN3O4/c1-23-8-6-18-10-15(21)19-12-5-4-11(17)9-13(12)20-16(22)14-3-2-7-24-14/h2-5,7,9,18H,6,8,10H2,1H3,(H,19,21)(H,20,22). The van der Waals surface area contributed by atoms with Crippen LogP contribution in [0.3, 0.4) is 0 Å². The van der Waals surface area contributed by atoms with E-state index in [1.54, 1.807) is 31.4 Å². The number of rotatable bonds is 8. The van der Waals surface area contributed by atoms with Crippen molar-refractivity contribution in [1.29, 1.82) is 0 Å². The summed E-state index contributed by atoms with van der Waals surface area (Å²) in [4.78, 5) is 24.0. The molecule has 0 saturated carbocycles. The number of anilines is 2. The zero-order valence-corrected chi connectivity index (χ0v) is 13.9. The van der Waals surface area contributed by atoms with E-state index < -0.39 is 5.91 Å². The van der Waals surface area contributed by atoms with Gasteiger partial charge >= 0.3 is 0 Å². The number of halogens is 1. The van der Waals surface area contributed by atoms with Crippen molar-refractivity contribution in [3.63, 3.8) is 0 Å². The largest absolute Gasteiger partial charge is 0.459 e. The third-order valence-electron chi connectivity index (χ3n) is 3.02. The number of nitrogens with one attached hydrogen (secondary N) is 3. The van der Waals surface area contributed by atoms with Crippen molar-refractivity contribution in [1.82, 2.24) is 5.32 Å². The van der Waals surface area contributed by atoms with Gasteiger partial charge in [-0.3, -0.25) is 9.59 Å². The number of benzene rings is 1. The molecule has 1 aromatic heterocycles. The SMILES string of the molecule is COCCNCC(=O)Nc1ccc(Cl)cc1NC(=O)c1ccco1. The highest BCUT2D eigenvalue weighted by atomic mass is 35.5. The van der Waals surface area contributed by atoms with Gasteiger partial charge < -0.3 is 25.1 Å². The van der Waals surface area contributed by atoms with E-state index in [1.807, 2.05) is 0 Å². The molecule has 1 heterocycles. The highest BCUT2D eigenvalue weighted by Crippen LogP contribution is 2.26. The van der Waals surface area contributed by atoms with Crippen molar-refractivity contribution in [2.24, 2.45) is 0 Å². The fourth-order valence-electron chi connectivity index (χ4n) is 1.89. The first-order valence-corrected chi connectivity index (χ1v) is 7.62. The molecule has 0 atom stereocenters. The third kappa shape index (κ3) is 5.38. The first-order chi connectivity index (χ1) is 11.6. The Labute approximate surface area is 144 Å². The van der Waals surface area contributed by atoms with Crippen LogP contribution in [0.2, 0.25) is 5.02 Å². The van der Waals surface area contributed by atoms with Gasteiger partial charge in [0.2, 0.25) is 5.91 Å². The average Bonchev–Trinajstić information content (AvgIpc) is 3.09. The van der Waals surface area contributed by atoms with Crippen molar-refractivity contribution >= 4 is 34.8 Å². The van der Waals surface area contributed by atoms with Crippen LogP contribution in [-0.4, -0.2) is 38.6 Å². The molecule has 0 aliphatic rings. The fraction of sp³-hybridized carbons (Fsp3) is 0.250. The molecule has 0 spiro atoms. The summed E-state index contributed by atoms with van der Waals surface area (Å²) in [5.74, 6) is -0.522. The monoisotopic (exact) mass is 351 g/mol. The van der Waals surface area contributed by atoms with Crippen LogP contribution in [0.15, 0.2) is 41.0 Å². The molecule has 1 aromatic carbocycles. The number of hydrogen-bond donors (Lipinski definition) is 3. The number of furan rings is 1. The molecule has 0 fully saturated rings. The van der Waals surface area contributed by atoms with Gasteiger partial charge in [-0.2, -0.15) is 0 Å². The molecule has 8 heteroatoms. The Hall–Kier alpha value is -2.35. The maximum atomic E-state index is 12.1. The fourth-order valence-corrected chi connectivity index (χ4v) is 2.06. The molecule has 0 aliphatic heterocycles. The second-order valence-electron chi connectivity index (χ2n) is 4.84. The predicted molar refractivity (Wildman–Crippen MR) is 91.5 cm³/mol. The van der Waals surface area contributed by atoms with E-state index in [9.17, 15) is 9.59 Å². The van der Waals surface area contributed by atoms with E-state index in [4.69, 9.17) is 20.8 Å². The molecular formula is C16H18ClN3O4. The normalized spacial score (nSPS) is 10.4. The third-order valence-corrected chi connectivity index (χ3v) is 3.25. The number of amides is 2. The molecule has 24 heavy (non-hydrogen) atoms. The second-order valence-corrected chi connectivity index (χ2v) is 5.28. The Morgan fingerprint density at radius 3 is 2.75 bits per heavy atom. The first-order valence-electron chi connectivity index (χ1n) is 7.24. The summed E-state index contributed by atoms with van der Waals surface area (Å²) in [7, 11) is 1.59. The topological polar surface area (TPSA) is 92.6 Å². The minimum absolute atomic E-state index is 0.123. The molecule has 3 N–H and O–H groups in total. The minimum atomic E-state index is -0.434. The Balaban J connectivity index is 2.01. The van der Waals surface area contributed by atoms with E-state index in [1.165, 1.54) is 12.3 Å². The Bertz CT molecular complexity index is 689. The molecule has 0 unspecified atom stereocenters. The van der Waals surface area contributed by atoms with Crippen LogP contribution >= 0.6 is 11.6 Å². The minimum Gasteiger partial charge on any atom is -0.459 e. The number of methoxy groups -OCH3 is 1. The predicted octanol–water partition coefficient (Wildman–Crippen LogP) is 2.36. The van der Waals surface area contributed by atoms with Crippen LogP contribution in [0.4, 0.5) is 11.4 Å². The second kappa shape index (κ2) is 9.07. The number of ether oxygens (including phenoxy) is 1. The van der Waals surface area contributed by atoms with E-state index in [-0.39, 0.29) is 18.2 Å². The smallest absolute Gasteiger partial charge is 0.291 e. The summed E-state index contributed by atoms with van der Waals surface area (Å²) in [5.41, 5.74) is 0.826. The molecule has 0 bridgehead atoms. The lowest BCUT2D eigenvalue weighted by Crippen LogP contribution is -2.30. The van der Waals surface area contributed by atoms with Gasteiger partial charge in [0, 0.05) is 18.7 Å². The maximum absolute atomic E-state index is 12.1. The van der Waals surface area contributed by atoms with Crippen LogP contribution in [0.1, 0.15) is 10.6 Å². The highest BCUT2D eigenvalue weighted by Gasteiger charge is 2.13. The van der Waals surface area contributed by atoms with Crippen LogP contribution in [0.5, 0.6) is 0 Å². The van der Waals surface area contributed by atoms with Crippen LogP contribution in [0.25, 0.3) is 0 Å². The molecule has 2 aromatic rings. The van der Waals surface area contributed by atoms with E-state index in [2.05, 4.69) is 16.0 Å². The lowest BCUT2D eigenvalue weighted by Gasteiger charge is -2.12. The van der Waals surface area contributed by atoms with Gasteiger partial charge in [0.1, 0.15) is 0 Å². The van der Waals surface area contributed by atoms with Gasteiger partial charge in [-0.25, -0.2) is 0 Å². The summed E-state index contributed by atoms with van der Waals surface area (Å²) in [5, 5.41) is 8.75. The molecular weight excluding hydrogens is 334 g/mol. The molecule has 0 radical (unpaired) electrons. The molecule has 7 nitrogen and oxygen atoms in total. The van der Waals surface area contributed by atoms with E-state index in [0.717, 1.165) is 0 Å². The van der Waals surface area contributed by atoms with Gasteiger partial charge in [-0.05, 0) is 30.3 Å². The molecule has 128 valence electrons. The quantitative estimate of drug-likeness (QED) is 0.635. The summed E-state index contributed by atoms with van der Waals surface area (Å²) < 4.78 is 9.93. The molecule has 0 aliphatic carbocycles. The van der Waals surface area contributed by atoms with Gasteiger partial charge in [-0.15, -0.1) is 0 Å². The van der Waals surface area contributed by atoms with Crippen molar-refractivity contribution in [3.8, 4) is 0 Å². The summed E-state index contributed by atoms with van der Waals surface area (Å²) >= 11 is 5.97. The van der Waals surface area contributed by atoms with Crippen molar-refractivity contribution in [2.75, 3.05) is 37.4 Å². The summed E-state index contributed by atoms with van der Waals surface area (Å²) in [6.07, 6.45) is 1.40. The summed E-state index contributed by atoms with van der Waals surface area (Å²) in [6, 6.07) is 7.95. The van der Waals surface area contributed by atoms with Gasteiger partial charge in [-0.1, -0.05) is 11.6 Å². The van der Waals surface area contributed by atoms with Crippen molar-refractivity contribution in [2.45, 2.75) is 0 Å². The van der Waals surface area contributed by atoms with Gasteiger partial charge in [0.15, 0.2) is 5.76 Å². The molecule has 2 amide bonds. The van der Waals surface area contributed by atoms with E-state index >= 15 is 0 Å². The Kier molecular flexibility index (Phi) is 6.80. The number of carbonyl (C=O) groups excluding carboxylic acids is 2. The molecule has 2 rings (SSSR count). The Morgan fingerprint density at radius 2 is 2.04 bits per heavy atom. The van der Waals surface area contributed by atoms with Crippen molar-refractivity contribution < 1.29 is 18.7 Å². The number of carbonyl (C=O) groups is 2. The van der Waals surface area contributed by atoms with E-state index in [0.29, 0.717) is 29.5 Å². The van der Waals surface area contributed by atoms with Gasteiger partial charge in [0.25, 0.3) is 5.91 Å². The maximum Gasteiger partial charge on any atom is 0.291 e. The zero-order chi connectivity index (χ0) is 17.4. The van der Waals surface area contributed by atoms with Crippen LogP contribution in [-0.2, 0) is 9.53 Å². The van der Waals surface area contributed by atoms with Crippen molar-refractivity contribution in [3.05, 3.63) is 47.4 Å². The average molecular weight is 352 g/mol. The highest BCUT2D eigenvalue weighted by molar-refractivity contribution is 6.31. The zero-order valence-electron chi connectivity index (χ0n) is 13.1. The van der Waals surface area contributed by atoms with Crippen LogP contribution in [0, 0.1) is 0 Å². The number of hydrogen-bond acceptors (Lipinski definition) is 5.